The fraction of sp³-hybridized carbons (Fsp3) is 0. The molecule has 0 spiro atoms. The number of nitrogen functional groups attached to an aromatic ring is 1. The minimum Gasteiger partial charge on any atom is -0.398 e. The van der Waals surface area contributed by atoms with Crippen LogP contribution < -0.4 is 10.5 Å². The van der Waals surface area contributed by atoms with Crippen LogP contribution in [-0.4, -0.2) is 8.42 Å². The predicted octanol–water partition coefficient (Wildman–Crippen LogP) is 3.38. The van der Waals surface area contributed by atoms with Crippen molar-refractivity contribution in [2.75, 3.05) is 10.5 Å². The second-order valence-electron chi connectivity index (χ2n) is 3.77. The molecule has 0 amide bonds. The van der Waals surface area contributed by atoms with Crippen LogP contribution in [-0.2, 0) is 10.0 Å². The van der Waals surface area contributed by atoms with Crippen LogP contribution in [0.15, 0.2) is 47.4 Å². The number of nitrogens with one attached hydrogen (secondary N) is 1. The fourth-order valence-electron chi connectivity index (χ4n) is 1.53. The van der Waals surface area contributed by atoms with Gasteiger partial charge >= 0.3 is 0 Å². The molecule has 0 atom stereocenters. The van der Waals surface area contributed by atoms with Crippen molar-refractivity contribution in [1.82, 2.24) is 0 Å². The molecule has 19 heavy (non-hydrogen) atoms. The van der Waals surface area contributed by atoms with Crippen LogP contribution in [0.3, 0.4) is 0 Å². The first kappa shape index (κ1) is 14.0. The third-order valence-corrected chi connectivity index (χ3v) is 4.54. The van der Waals surface area contributed by atoms with Crippen molar-refractivity contribution >= 4 is 44.6 Å². The summed E-state index contributed by atoms with van der Waals surface area (Å²) in [5, 5.41) is 0.585. The van der Waals surface area contributed by atoms with Crippen LogP contribution in [0.1, 0.15) is 0 Å². The van der Waals surface area contributed by atoms with Gasteiger partial charge in [0.05, 0.1) is 10.7 Å². The Morgan fingerprint density at radius 2 is 1.63 bits per heavy atom. The van der Waals surface area contributed by atoms with Crippen LogP contribution in [0, 0.1) is 0 Å². The zero-order chi connectivity index (χ0) is 14.0. The molecular formula is C12H10Cl2N2O2S. The highest BCUT2D eigenvalue weighted by Crippen LogP contribution is 2.29. The molecule has 0 fully saturated rings. The molecule has 0 radical (unpaired) electrons. The topological polar surface area (TPSA) is 72.2 Å². The molecule has 100 valence electrons. The Bertz CT molecular complexity index is 680. The van der Waals surface area contributed by atoms with Crippen molar-refractivity contribution in [3.63, 3.8) is 0 Å². The van der Waals surface area contributed by atoms with Crippen molar-refractivity contribution in [2.24, 2.45) is 0 Å². The lowest BCUT2D eigenvalue weighted by Crippen LogP contribution is -2.15. The Morgan fingerprint density at radius 1 is 1.00 bits per heavy atom. The monoisotopic (exact) mass is 316 g/mol. The van der Waals surface area contributed by atoms with Crippen molar-refractivity contribution in [2.45, 2.75) is 4.90 Å². The molecular weight excluding hydrogens is 307 g/mol. The van der Waals surface area contributed by atoms with Gasteiger partial charge in [0.1, 0.15) is 4.90 Å². The Kier molecular flexibility index (Phi) is 3.89. The zero-order valence-corrected chi connectivity index (χ0v) is 11.9. The summed E-state index contributed by atoms with van der Waals surface area (Å²) < 4.78 is 26.8. The quantitative estimate of drug-likeness (QED) is 0.853. The number of sulfonamides is 1. The summed E-state index contributed by atoms with van der Waals surface area (Å²) in [4.78, 5) is -0.133. The maximum Gasteiger partial charge on any atom is 0.265 e. The van der Waals surface area contributed by atoms with Gasteiger partial charge < -0.3 is 5.73 Å². The Balaban J connectivity index is 2.41. The van der Waals surface area contributed by atoms with Gasteiger partial charge in [-0.1, -0.05) is 29.3 Å². The summed E-state index contributed by atoms with van der Waals surface area (Å²) in [5.74, 6) is 0. The minimum absolute atomic E-state index is 0.0708. The molecule has 2 aromatic rings. The number of hydrogen-bond donors (Lipinski definition) is 2. The van der Waals surface area contributed by atoms with Gasteiger partial charge in [-0.25, -0.2) is 8.42 Å². The smallest absolute Gasteiger partial charge is 0.265 e. The van der Waals surface area contributed by atoms with E-state index >= 15 is 0 Å². The second-order valence-corrected chi connectivity index (χ2v) is 6.23. The molecule has 4 nitrogen and oxygen atoms in total. The van der Waals surface area contributed by atoms with E-state index in [1.807, 2.05) is 0 Å². The Labute approximate surface area is 121 Å². The summed E-state index contributed by atoms with van der Waals surface area (Å²) in [5.41, 5.74) is 6.13. The minimum atomic E-state index is -3.84. The van der Waals surface area contributed by atoms with Crippen molar-refractivity contribution in [3.05, 3.63) is 52.5 Å². The zero-order valence-electron chi connectivity index (χ0n) is 9.60. The first-order valence-corrected chi connectivity index (χ1v) is 7.46. The van der Waals surface area contributed by atoms with E-state index in [0.29, 0.717) is 10.7 Å². The average molecular weight is 317 g/mol. The number of rotatable bonds is 3. The number of anilines is 2. The van der Waals surface area contributed by atoms with Crippen LogP contribution in [0.4, 0.5) is 11.4 Å². The van der Waals surface area contributed by atoms with E-state index in [1.165, 1.54) is 12.1 Å². The Hall–Kier alpha value is -1.43. The van der Waals surface area contributed by atoms with Gasteiger partial charge in [0, 0.05) is 10.7 Å². The van der Waals surface area contributed by atoms with Gasteiger partial charge in [0.2, 0.25) is 0 Å². The van der Waals surface area contributed by atoms with Crippen LogP contribution in [0.5, 0.6) is 0 Å². The third-order valence-electron chi connectivity index (χ3n) is 2.36. The van der Waals surface area contributed by atoms with E-state index < -0.39 is 10.0 Å². The van der Waals surface area contributed by atoms with E-state index in [2.05, 4.69) is 4.72 Å². The summed E-state index contributed by atoms with van der Waals surface area (Å²) in [6.07, 6.45) is 0. The van der Waals surface area contributed by atoms with E-state index in [-0.39, 0.29) is 15.6 Å². The maximum atomic E-state index is 12.2. The molecule has 0 saturated carbocycles. The summed E-state index contributed by atoms with van der Waals surface area (Å²) in [6.45, 7) is 0. The summed E-state index contributed by atoms with van der Waals surface area (Å²) in [7, 11) is -3.84. The van der Waals surface area contributed by atoms with Crippen molar-refractivity contribution < 1.29 is 8.42 Å². The summed E-state index contributed by atoms with van der Waals surface area (Å²) >= 11 is 11.6. The molecule has 0 saturated heterocycles. The molecule has 0 bridgehead atoms. The lowest BCUT2D eigenvalue weighted by Gasteiger charge is -2.11. The van der Waals surface area contributed by atoms with Crippen LogP contribution in [0.25, 0.3) is 0 Å². The largest absolute Gasteiger partial charge is 0.398 e. The van der Waals surface area contributed by atoms with E-state index in [1.54, 1.807) is 30.3 Å². The summed E-state index contributed by atoms with van der Waals surface area (Å²) in [6, 6.07) is 10.8. The first-order valence-electron chi connectivity index (χ1n) is 5.22. The molecule has 0 unspecified atom stereocenters. The normalized spacial score (nSPS) is 11.3. The molecule has 3 N–H and O–H groups in total. The lowest BCUT2D eigenvalue weighted by molar-refractivity contribution is 0.601. The Morgan fingerprint density at radius 3 is 2.21 bits per heavy atom. The fourth-order valence-corrected chi connectivity index (χ4v) is 3.40. The number of hydrogen-bond acceptors (Lipinski definition) is 3. The SMILES string of the molecule is Nc1cccc(Cl)c1S(=O)(=O)Nc1ccc(Cl)cc1. The molecule has 0 aliphatic carbocycles. The highest BCUT2D eigenvalue weighted by molar-refractivity contribution is 7.93. The highest BCUT2D eigenvalue weighted by Gasteiger charge is 2.21. The van der Waals surface area contributed by atoms with Gasteiger partial charge in [0.25, 0.3) is 10.0 Å². The predicted molar refractivity (Wildman–Crippen MR) is 78.1 cm³/mol. The third kappa shape index (κ3) is 3.12. The number of nitrogens with two attached hydrogens (primary N) is 1. The molecule has 0 heterocycles. The molecule has 0 aliphatic heterocycles. The average Bonchev–Trinajstić information content (AvgIpc) is 2.31. The molecule has 2 rings (SSSR count). The van der Waals surface area contributed by atoms with E-state index in [4.69, 9.17) is 28.9 Å². The number of halogens is 2. The standard InChI is InChI=1S/C12H10Cl2N2O2S/c13-8-4-6-9(7-5-8)16-19(17,18)12-10(14)2-1-3-11(12)15/h1-7,16H,15H2. The first-order chi connectivity index (χ1) is 8.90. The van der Waals surface area contributed by atoms with Gasteiger partial charge in [-0.05, 0) is 36.4 Å². The van der Waals surface area contributed by atoms with Gasteiger partial charge in [-0.15, -0.1) is 0 Å². The highest BCUT2D eigenvalue weighted by atomic mass is 35.5. The molecule has 2 aromatic carbocycles. The van der Waals surface area contributed by atoms with Gasteiger partial charge in [-0.2, -0.15) is 0 Å². The van der Waals surface area contributed by atoms with E-state index in [9.17, 15) is 8.42 Å². The van der Waals surface area contributed by atoms with Crippen LogP contribution >= 0.6 is 23.2 Å². The molecule has 7 heteroatoms. The molecule has 0 aliphatic rings. The van der Waals surface area contributed by atoms with Crippen molar-refractivity contribution in [1.29, 1.82) is 0 Å². The van der Waals surface area contributed by atoms with Gasteiger partial charge in [0.15, 0.2) is 0 Å². The maximum absolute atomic E-state index is 12.2. The second kappa shape index (κ2) is 5.28. The molecule has 0 aromatic heterocycles. The van der Waals surface area contributed by atoms with Crippen molar-refractivity contribution in [3.8, 4) is 0 Å². The lowest BCUT2D eigenvalue weighted by atomic mass is 10.3. The van der Waals surface area contributed by atoms with E-state index in [0.717, 1.165) is 0 Å². The van der Waals surface area contributed by atoms with Gasteiger partial charge in [-0.3, -0.25) is 4.72 Å². The number of benzene rings is 2. The van der Waals surface area contributed by atoms with Crippen LogP contribution in [0.2, 0.25) is 10.0 Å².